The number of thiophene rings is 1. The molecule has 2 heterocycles. The lowest BCUT2D eigenvalue weighted by Crippen LogP contribution is -2.12. The van der Waals surface area contributed by atoms with E-state index in [1.165, 1.54) is 0 Å². The van der Waals surface area contributed by atoms with Gasteiger partial charge in [0.1, 0.15) is 0 Å². The minimum Gasteiger partial charge on any atom is -0.318 e. The zero-order chi connectivity index (χ0) is 12.5. The summed E-state index contributed by atoms with van der Waals surface area (Å²) in [6.07, 6.45) is 0. The van der Waals surface area contributed by atoms with Crippen molar-refractivity contribution in [3.63, 3.8) is 0 Å². The molecule has 0 spiro atoms. The van der Waals surface area contributed by atoms with Gasteiger partial charge in [-0.2, -0.15) is 0 Å². The number of fused-ring (bicyclic) bond motifs is 1. The Morgan fingerprint density at radius 2 is 1.94 bits per heavy atom. The molecule has 2 aromatic heterocycles. The highest BCUT2D eigenvalue weighted by Gasteiger charge is 2.15. The van der Waals surface area contributed by atoms with Gasteiger partial charge < -0.3 is 5.73 Å². The lowest BCUT2D eigenvalue weighted by molar-refractivity contribution is 0.851. The van der Waals surface area contributed by atoms with Crippen molar-refractivity contribution in [2.45, 2.75) is 6.04 Å². The summed E-state index contributed by atoms with van der Waals surface area (Å²) in [5, 5.41) is 3.17. The average molecular weight is 319 g/mol. The maximum absolute atomic E-state index is 6.27. The molecule has 0 fully saturated rings. The summed E-state index contributed by atoms with van der Waals surface area (Å²) in [5.74, 6) is 0. The van der Waals surface area contributed by atoms with Crippen LogP contribution in [0.5, 0.6) is 0 Å². The summed E-state index contributed by atoms with van der Waals surface area (Å²) in [4.78, 5) is 5.74. The van der Waals surface area contributed by atoms with Gasteiger partial charge in [0, 0.05) is 14.7 Å². The quantitative estimate of drug-likeness (QED) is 0.772. The van der Waals surface area contributed by atoms with Crippen molar-refractivity contribution in [3.05, 3.63) is 62.9 Å². The van der Waals surface area contributed by atoms with Crippen molar-refractivity contribution in [3.8, 4) is 0 Å². The molecule has 18 heavy (non-hydrogen) atoms. The molecule has 0 radical (unpaired) electrons. The van der Waals surface area contributed by atoms with Gasteiger partial charge in [0.15, 0.2) is 0 Å². The summed E-state index contributed by atoms with van der Waals surface area (Å²) in [5.41, 5.74) is 8.15. The fourth-order valence-electron chi connectivity index (χ4n) is 1.92. The molecule has 0 bridgehead atoms. The molecule has 1 atom stereocenters. The highest BCUT2D eigenvalue weighted by atomic mass is 79.9. The second-order valence-electron chi connectivity index (χ2n) is 4.04. The third kappa shape index (κ3) is 2.07. The second-order valence-corrected chi connectivity index (χ2v) is 5.84. The molecule has 0 aliphatic rings. The molecule has 0 aliphatic carbocycles. The van der Waals surface area contributed by atoms with Crippen LogP contribution in [0.25, 0.3) is 10.9 Å². The van der Waals surface area contributed by atoms with Gasteiger partial charge in [0.05, 0.1) is 17.3 Å². The highest BCUT2D eigenvalue weighted by molar-refractivity contribution is 9.10. The van der Waals surface area contributed by atoms with Gasteiger partial charge in [-0.05, 0) is 39.5 Å². The number of aromatic nitrogens is 1. The molecular weight excluding hydrogens is 308 g/mol. The number of nitrogens with zero attached hydrogens (tertiary/aromatic N) is 1. The van der Waals surface area contributed by atoms with Gasteiger partial charge in [-0.25, -0.2) is 0 Å². The molecule has 4 heteroatoms. The van der Waals surface area contributed by atoms with Crippen LogP contribution in [-0.2, 0) is 0 Å². The van der Waals surface area contributed by atoms with Gasteiger partial charge in [-0.1, -0.05) is 24.3 Å². The highest BCUT2D eigenvalue weighted by Crippen LogP contribution is 2.31. The largest absolute Gasteiger partial charge is 0.318 e. The van der Waals surface area contributed by atoms with Crippen LogP contribution in [0.15, 0.2) is 52.3 Å². The summed E-state index contributed by atoms with van der Waals surface area (Å²) < 4.78 is 1.05. The van der Waals surface area contributed by atoms with Crippen LogP contribution in [0.2, 0.25) is 0 Å². The number of para-hydroxylation sites is 1. The number of hydrogen-bond donors (Lipinski definition) is 1. The Kier molecular flexibility index (Phi) is 3.16. The topological polar surface area (TPSA) is 38.9 Å². The lowest BCUT2D eigenvalue weighted by Gasteiger charge is -2.10. The standard InChI is InChI=1S/C14H11BrN2S/c15-10-7-8-18-14(10)13(16)12-6-5-9-3-1-2-4-11(9)17-12/h1-8,13H,16H2. The first-order valence-electron chi connectivity index (χ1n) is 5.60. The lowest BCUT2D eigenvalue weighted by atomic mass is 10.1. The summed E-state index contributed by atoms with van der Waals surface area (Å²) in [6.45, 7) is 0. The zero-order valence-corrected chi connectivity index (χ0v) is 11.9. The molecule has 0 saturated carbocycles. The number of rotatable bonds is 2. The summed E-state index contributed by atoms with van der Waals surface area (Å²) in [6, 6.07) is 14.0. The smallest absolute Gasteiger partial charge is 0.0831 e. The molecule has 0 amide bonds. The molecule has 1 aromatic carbocycles. The van der Waals surface area contributed by atoms with Gasteiger partial charge in [-0.15, -0.1) is 11.3 Å². The van der Waals surface area contributed by atoms with E-state index in [2.05, 4.69) is 33.0 Å². The van der Waals surface area contributed by atoms with E-state index in [9.17, 15) is 0 Å². The molecule has 2 N–H and O–H groups in total. The van der Waals surface area contributed by atoms with E-state index in [1.807, 2.05) is 35.7 Å². The van der Waals surface area contributed by atoms with Crippen LogP contribution >= 0.6 is 27.3 Å². The Hall–Kier alpha value is -1.23. The van der Waals surface area contributed by atoms with Crippen molar-refractivity contribution in [2.75, 3.05) is 0 Å². The van der Waals surface area contributed by atoms with Gasteiger partial charge >= 0.3 is 0 Å². The van der Waals surface area contributed by atoms with Crippen LogP contribution in [0.1, 0.15) is 16.6 Å². The summed E-state index contributed by atoms with van der Waals surface area (Å²) in [7, 11) is 0. The van der Waals surface area contributed by atoms with E-state index >= 15 is 0 Å². The Balaban J connectivity index is 2.07. The molecule has 3 aromatic rings. The fraction of sp³-hybridized carbons (Fsp3) is 0.0714. The van der Waals surface area contributed by atoms with Crippen LogP contribution in [0.4, 0.5) is 0 Å². The minimum atomic E-state index is -0.177. The van der Waals surface area contributed by atoms with Crippen LogP contribution < -0.4 is 5.73 Å². The van der Waals surface area contributed by atoms with Crippen molar-refractivity contribution in [1.29, 1.82) is 0 Å². The molecule has 3 rings (SSSR count). The Morgan fingerprint density at radius 3 is 2.72 bits per heavy atom. The number of nitrogens with two attached hydrogens (primary N) is 1. The summed E-state index contributed by atoms with van der Waals surface area (Å²) >= 11 is 5.16. The first kappa shape index (κ1) is 11.8. The van der Waals surface area contributed by atoms with Gasteiger partial charge in [-0.3, -0.25) is 4.98 Å². The van der Waals surface area contributed by atoms with Crippen molar-refractivity contribution in [1.82, 2.24) is 4.98 Å². The number of benzene rings is 1. The monoisotopic (exact) mass is 318 g/mol. The fourth-order valence-corrected chi connectivity index (χ4v) is 3.55. The number of halogens is 1. The van der Waals surface area contributed by atoms with Gasteiger partial charge in [0.25, 0.3) is 0 Å². The zero-order valence-electron chi connectivity index (χ0n) is 9.51. The van der Waals surface area contributed by atoms with Crippen LogP contribution in [0, 0.1) is 0 Å². The molecule has 0 aliphatic heterocycles. The average Bonchev–Trinajstić information content (AvgIpc) is 2.83. The van der Waals surface area contributed by atoms with E-state index in [0.29, 0.717) is 0 Å². The van der Waals surface area contributed by atoms with Crippen molar-refractivity contribution >= 4 is 38.2 Å². The Labute approximate surface area is 118 Å². The molecule has 1 unspecified atom stereocenters. The van der Waals surface area contributed by atoms with Crippen molar-refractivity contribution in [2.24, 2.45) is 5.73 Å². The number of hydrogen-bond acceptors (Lipinski definition) is 3. The number of pyridine rings is 1. The van der Waals surface area contributed by atoms with E-state index < -0.39 is 0 Å². The normalized spacial score (nSPS) is 12.8. The van der Waals surface area contributed by atoms with Crippen molar-refractivity contribution < 1.29 is 0 Å². The van der Waals surface area contributed by atoms with Gasteiger partial charge in [0.2, 0.25) is 0 Å². The van der Waals surface area contributed by atoms with E-state index in [4.69, 9.17) is 5.73 Å². The van der Waals surface area contributed by atoms with E-state index in [1.54, 1.807) is 11.3 Å². The van der Waals surface area contributed by atoms with Crippen LogP contribution in [0.3, 0.4) is 0 Å². The minimum absolute atomic E-state index is 0.177. The Bertz CT molecular complexity index is 693. The molecule has 90 valence electrons. The third-order valence-electron chi connectivity index (χ3n) is 2.87. The molecule has 0 saturated heterocycles. The predicted octanol–water partition coefficient (Wildman–Crippen LogP) is 4.11. The van der Waals surface area contributed by atoms with Crippen LogP contribution in [-0.4, -0.2) is 4.98 Å². The maximum atomic E-state index is 6.27. The SMILES string of the molecule is NC(c1ccc2ccccc2n1)c1sccc1Br. The third-order valence-corrected chi connectivity index (χ3v) is 4.82. The maximum Gasteiger partial charge on any atom is 0.0831 e. The second kappa shape index (κ2) is 4.80. The van der Waals surface area contributed by atoms with E-state index in [0.717, 1.165) is 25.9 Å². The first-order chi connectivity index (χ1) is 8.75. The predicted molar refractivity (Wildman–Crippen MR) is 79.8 cm³/mol. The molecule has 2 nitrogen and oxygen atoms in total. The first-order valence-corrected chi connectivity index (χ1v) is 7.27. The molecular formula is C14H11BrN2S. The Morgan fingerprint density at radius 1 is 1.11 bits per heavy atom. The van der Waals surface area contributed by atoms with E-state index in [-0.39, 0.29) is 6.04 Å².